The lowest BCUT2D eigenvalue weighted by Crippen LogP contribution is -2.70. The Morgan fingerprint density at radius 2 is 0.879 bits per heavy atom. The Hall–Kier alpha value is -2.27. The lowest BCUT2D eigenvalue weighted by atomic mass is 9.88. The van der Waals surface area contributed by atoms with E-state index in [2.05, 4.69) is 24.5 Å². The molecule has 0 aromatic carbocycles. The second-order valence-corrected chi connectivity index (χ2v) is 29.3. The Morgan fingerprint density at radius 3 is 1.26 bits per heavy atom. The average molecular weight is 1420 g/mol. The van der Waals surface area contributed by atoms with E-state index >= 15 is 0 Å². The summed E-state index contributed by atoms with van der Waals surface area (Å²) in [6, 6.07) is -2.53. The number of nitrogens with one attached hydrogen (secondary N) is 2. The van der Waals surface area contributed by atoms with Crippen molar-refractivity contribution in [1.29, 1.82) is 0 Å². The number of amides is 2. The molecule has 3 aliphatic rings. The highest BCUT2D eigenvalue weighted by Gasteiger charge is 2.60. The summed E-state index contributed by atoms with van der Waals surface area (Å²) >= 11 is 0. The lowest BCUT2D eigenvalue weighted by molar-refractivity contribution is -0.386. The number of carboxylic acid groups (broad SMARTS) is 1. The van der Waals surface area contributed by atoms with Gasteiger partial charge in [0.2, 0.25) is 11.8 Å². The van der Waals surface area contributed by atoms with Crippen molar-refractivity contribution in [3.63, 3.8) is 0 Å². The van der Waals surface area contributed by atoms with Gasteiger partial charge in [-0.2, -0.15) is 0 Å². The van der Waals surface area contributed by atoms with Crippen LogP contribution >= 0.6 is 0 Å². The molecule has 14 N–H and O–H groups in total. The lowest BCUT2D eigenvalue weighted by Gasteiger charge is -2.50. The Balaban J connectivity index is 1.51. The summed E-state index contributed by atoms with van der Waals surface area (Å²) in [6.07, 6.45) is 28.1. The highest BCUT2D eigenvalue weighted by molar-refractivity contribution is 5.77. The van der Waals surface area contributed by atoms with E-state index in [1.807, 2.05) is 0 Å². The quantitative estimate of drug-likeness (QED) is 0.0252. The Morgan fingerprint density at radius 1 is 0.485 bits per heavy atom. The Bertz CT molecular complexity index is 1980. The topological polar surface area (TPSA) is 373 Å². The highest BCUT2D eigenvalue weighted by atomic mass is 16.8. The van der Waals surface area contributed by atoms with Gasteiger partial charge in [-0.05, 0) is 12.8 Å². The Kier molecular flexibility index (Phi) is 51.5. The first kappa shape index (κ1) is 90.9. The van der Waals surface area contributed by atoms with E-state index in [4.69, 9.17) is 28.4 Å². The smallest absolute Gasteiger partial charge is 0.364 e. The number of aliphatic hydroxyl groups excluding tert-OH is 11. The van der Waals surface area contributed by atoms with Gasteiger partial charge >= 0.3 is 5.97 Å². The van der Waals surface area contributed by atoms with E-state index in [9.17, 15) is 75.7 Å². The van der Waals surface area contributed by atoms with Gasteiger partial charge in [0.25, 0.3) is 5.79 Å². The molecule has 3 heterocycles. The van der Waals surface area contributed by atoms with Crippen LogP contribution in [0.4, 0.5) is 0 Å². The number of carboxylic acids is 1. The van der Waals surface area contributed by atoms with Crippen LogP contribution in [0.25, 0.3) is 0 Å². The van der Waals surface area contributed by atoms with Crippen molar-refractivity contribution >= 4 is 17.8 Å². The second-order valence-electron chi connectivity index (χ2n) is 29.3. The molecule has 0 radical (unpaired) electrons. The predicted octanol–water partition coefficient (Wildman–Crippen LogP) is 10.0. The molecule has 584 valence electrons. The molecule has 0 aromatic rings. The first-order valence-electron chi connectivity index (χ1n) is 39.9. The molecule has 3 fully saturated rings. The minimum Gasteiger partial charge on any atom is -0.477 e. The van der Waals surface area contributed by atoms with Gasteiger partial charge < -0.3 is 100 Å². The molecule has 18 unspecified atom stereocenters. The van der Waals surface area contributed by atoms with Gasteiger partial charge in [0, 0.05) is 19.8 Å². The van der Waals surface area contributed by atoms with E-state index in [-0.39, 0.29) is 18.9 Å². The normalized spacial score (nSPS) is 27.0. The Labute approximate surface area is 595 Å². The van der Waals surface area contributed by atoms with E-state index in [1.54, 1.807) is 0 Å². The molecule has 3 saturated heterocycles. The van der Waals surface area contributed by atoms with Gasteiger partial charge in [-0.25, -0.2) is 4.79 Å². The van der Waals surface area contributed by atoms with Gasteiger partial charge in [-0.1, -0.05) is 296 Å². The second kappa shape index (κ2) is 56.1. The first-order valence-corrected chi connectivity index (χ1v) is 39.9. The van der Waals surface area contributed by atoms with E-state index in [1.165, 1.54) is 231 Å². The van der Waals surface area contributed by atoms with Crippen LogP contribution in [0, 0.1) is 0 Å². The third kappa shape index (κ3) is 37.0. The number of aliphatic carboxylic acids is 1. The minimum atomic E-state index is -3.08. The maximum atomic E-state index is 13.6. The van der Waals surface area contributed by atoms with Gasteiger partial charge in [0.1, 0.15) is 67.1 Å². The third-order valence-electron chi connectivity index (χ3n) is 20.6. The molecule has 23 nitrogen and oxygen atoms in total. The maximum Gasteiger partial charge on any atom is 0.364 e. The average Bonchev–Trinajstić information content (AvgIpc) is 0.757. The van der Waals surface area contributed by atoms with E-state index < -0.39 is 148 Å². The van der Waals surface area contributed by atoms with Crippen LogP contribution in [0.3, 0.4) is 0 Å². The van der Waals surface area contributed by atoms with Crippen molar-refractivity contribution in [2.45, 2.75) is 439 Å². The fourth-order valence-electron chi connectivity index (χ4n) is 14.2. The van der Waals surface area contributed by atoms with Crippen LogP contribution in [-0.4, -0.2) is 215 Å². The van der Waals surface area contributed by atoms with Crippen molar-refractivity contribution in [2.24, 2.45) is 0 Å². The van der Waals surface area contributed by atoms with Crippen LogP contribution in [0.1, 0.15) is 329 Å². The molecular weight excluding hydrogens is 1280 g/mol. The van der Waals surface area contributed by atoms with Crippen LogP contribution < -0.4 is 10.6 Å². The van der Waals surface area contributed by atoms with E-state index in [0.29, 0.717) is 19.3 Å². The van der Waals surface area contributed by atoms with Crippen LogP contribution in [0.5, 0.6) is 0 Å². The zero-order valence-corrected chi connectivity index (χ0v) is 61.6. The van der Waals surface area contributed by atoms with Crippen molar-refractivity contribution < 1.29 is 104 Å². The molecule has 0 bridgehead atoms. The summed E-state index contributed by atoms with van der Waals surface area (Å²) in [7, 11) is 0. The van der Waals surface area contributed by atoms with Crippen LogP contribution in [0.2, 0.25) is 0 Å². The van der Waals surface area contributed by atoms with Crippen molar-refractivity contribution in [1.82, 2.24) is 10.6 Å². The number of ether oxygens (including phenoxy) is 6. The van der Waals surface area contributed by atoms with Gasteiger partial charge in [-0.15, -0.1) is 0 Å². The van der Waals surface area contributed by atoms with Gasteiger partial charge in [-0.3, -0.25) is 9.59 Å². The molecular formula is C76H144N2O21. The largest absolute Gasteiger partial charge is 0.477 e. The predicted molar refractivity (Wildman–Crippen MR) is 380 cm³/mol. The summed E-state index contributed by atoms with van der Waals surface area (Å²) in [5.74, 6) is -6.09. The summed E-state index contributed by atoms with van der Waals surface area (Å²) < 4.78 is 35.0. The molecule has 23 heteroatoms. The molecule has 0 spiro atoms. The summed E-state index contributed by atoms with van der Waals surface area (Å²) in [6.45, 7) is 2.27. The maximum absolute atomic E-state index is 13.6. The van der Waals surface area contributed by atoms with E-state index in [0.717, 1.165) is 51.9 Å². The van der Waals surface area contributed by atoms with Crippen molar-refractivity contribution in [3.05, 3.63) is 0 Å². The number of rotatable bonds is 63. The van der Waals surface area contributed by atoms with Crippen molar-refractivity contribution in [3.8, 4) is 0 Å². The number of carbonyl (C=O) groups excluding carboxylic acids is 2. The summed E-state index contributed by atoms with van der Waals surface area (Å²) in [4.78, 5) is 38.7. The standard InChI is InChI=1S/C76H144N2O21/c1-4-6-8-10-12-14-16-18-20-22-24-25-26-27-28-29-30-32-34-36-38-40-42-44-46-48-50-63(86)78-57(58(83)49-47-45-43-41-39-37-35-33-31-23-21-19-17-15-13-11-9-7-5-2)55-94-73-68(90)67(89)70(62(54-81)96-73)97-74-69(91)72(66(88)61(53-80)95-74)99-76(75(92)93)51-59(84)64(77-56(3)82)71(98-76)65(87)60(85)52-79/h57-62,64-74,79-81,83-85,87-91H,4-55H2,1-3H3,(H,77,82)(H,78,86)(H,92,93). The molecule has 99 heavy (non-hydrogen) atoms. The third-order valence-corrected chi connectivity index (χ3v) is 20.6. The molecule has 0 aliphatic carbocycles. The molecule has 3 aliphatic heterocycles. The summed E-state index contributed by atoms with van der Waals surface area (Å²) in [5.41, 5.74) is 0. The number of aliphatic hydroxyl groups is 11. The molecule has 18 atom stereocenters. The van der Waals surface area contributed by atoms with Crippen molar-refractivity contribution in [2.75, 3.05) is 26.4 Å². The molecule has 0 saturated carbocycles. The first-order chi connectivity index (χ1) is 47.9. The molecule has 3 rings (SSSR count). The minimum absolute atomic E-state index is 0.230. The summed E-state index contributed by atoms with van der Waals surface area (Å²) in [5, 5.41) is 136. The number of unbranched alkanes of at least 4 members (excludes halogenated alkanes) is 43. The fraction of sp³-hybridized carbons (Fsp3) is 0.961. The number of hydrogen-bond acceptors (Lipinski definition) is 20. The van der Waals surface area contributed by atoms with Crippen LogP contribution in [0.15, 0.2) is 0 Å². The van der Waals surface area contributed by atoms with Crippen LogP contribution in [-0.2, 0) is 42.8 Å². The number of carbonyl (C=O) groups is 3. The van der Waals surface area contributed by atoms with Gasteiger partial charge in [0.15, 0.2) is 12.6 Å². The number of hydrogen-bond donors (Lipinski definition) is 14. The monoisotopic (exact) mass is 1420 g/mol. The van der Waals surface area contributed by atoms with Gasteiger partial charge in [0.05, 0.1) is 50.7 Å². The zero-order valence-electron chi connectivity index (χ0n) is 61.6. The molecule has 2 amide bonds. The highest BCUT2D eigenvalue weighted by Crippen LogP contribution is 2.39. The fourth-order valence-corrected chi connectivity index (χ4v) is 14.2. The molecule has 0 aromatic heterocycles. The zero-order chi connectivity index (χ0) is 72.5. The SMILES string of the molecule is CCCCCCCCCCCCCCCCCCCCCCCCCCCCC(=O)NC(COC1OC(CO)C(OC2OC(CO)C(O)C(OC3(C(=O)O)CC(O)C(NC(C)=O)C(C(O)C(O)CO)O3)C2O)C(O)C1O)C(O)CCCCCCCCCCCCCCCCCCCCC.